The van der Waals surface area contributed by atoms with E-state index in [9.17, 15) is 0 Å². The zero-order valence-corrected chi connectivity index (χ0v) is 31.7. The van der Waals surface area contributed by atoms with Gasteiger partial charge in [-0.05, 0) is 115 Å². The van der Waals surface area contributed by atoms with Crippen LogP contribution < -0.4 is 4.90 Å². The Balaban J connectivity index is 0.978. The Bertz CT molecular complexity index is 3270. The van der Waals surface area contributed by atoms with Crippen LogP contribution in [0.4, 0.5) is 17.1 Å². The molecule has 0 aliphatic heterocycles. The Morgan fingerprint density at radius 3 is 1.60 bits per heavy atom. The lowest BCUT2D eigenvalue weighted by Crippen LogP contribution is -2.10. The Hall–Kier alpha value is -7.68. The lowest BCUT2D eigenvalue weighted by atomic mass is 9.95. The van der Waals surface area contributed by atoms with Crippen molar-refractivity contribution in [1.82, 2.24) is 0 Å². The van der Waals surface area contributed by atoms with Gasteiger partial charge in [-0.25, -0.2) is 0 Å². The first-order chi connectivity index (χ1) is 28.7. The maximum Gasteiger partial charge on any atom is 0.143 e. The van der Waals surface area contributed by atoms with Gasteiger partial charge in [-0.15, -0.1) is 0 Å². The van der Waals surface area contributed by atoms with Crippen LogP contribution in [0.5, 0.6) is 0 Å². The molecule has 0 bridgehead atoms. The third-order valence-electron chi connectivity index (χ3n) is 11.5. The molecular weight excluding hydrogens is 703 g/mol. The van der Waals surface area contributed by atoms with Gasteiger partial charge in [0.1, 0.15) is 11.2 Å². The second-order valence-corrected chi connectivity index (χ2v) is 14.9. The molecule has 10 aromatic carbocycles. The van der Waals surface area contributed by atoms with Crippen LogP contribution in [0.3, 0.4) is 0 Å². The van der Waals surface area contributed by atoms with Gasteiger partial charge in [0.05, 0.1) is 0 Å². The summed E-state index contributed by atoms with van der Waals surface area (Å²) in [5, 5.41) is 7.35. The molecule has 0 amide bonds. The molecule has 0 saturated heterocycles. The summed E-state index contributed by atoms with van der Waals surface area (Å²) < 4.78 is 6.42. The molecule has 0 fully saturated rings. The SMILES string of the molecule is c1ccc(-c2ccc(N(c3ccc(-c4cccc5c4oc4ccccc45)cc3)c3cccc(-c4cccc(-c5ccc6c(ccc7ccccc76)c5)c4)c3)cc2)cc1. The van der Waals surface area contributed by atoms with Crippen LogP contribution in [0.25, 0.3) is 88.0 Å². The topological polar surface area (TPSA) is 16.4 Å². The fourth-order valence-corrected chi connectivity index (χ4v) is 8.54. The van der Waals surface area contributed by atoms with Crippen molar-refractivity contribution in [2.24, 2.45) is 0 Å². The van der Waals surface area contributed by atoms with E-state index in [2.05, 4.69) is 217 Å². The monoisotopic (exact) mass is 739 g/mol. The molecular formula is C56H37NO. The molecule has 0 spiro atoms. The summed E-state index contributed by atoms with van der Waals surface area (Å²) in [5.41, 5.74) is 14.4. The molecule has 2 heteroatoms. The van der Waals surface area contributed by atoms with E-state index in [0.717, 1.165) is 55.7 Å². The van der Waals surface area contributed by atoms with Crippen LogP contribution in [-0.2, 0) is 0 Å². The predicted molar refractivity (Wildman–Crippen MR) is 245 cm³/mol. The van der Waals surface area contributed by atoms with Crippen molar-refractivity contribution in [1.29, 1.82) is 0 Å². The van der Waals surface area contributed by atoms with Crippen LogP contribution in [0.1, 0.15) is 0 Å². The van der Waals surface area contributed by atoms with Crippen molar-refractivity contribution < 1.29 is 4.42 Å². The maximum absolute atomic E-state index is 6.42. The summed E-state index contributed by atoms with van der Waals surface area (Å²) in [6, 6.07) is 80.7. The van der Waals surface area contributed by atoms with E-state index in [1.54, 1.807) is 0 Å². The molecule has 0 unspecified atom stereocenters. The van der Waals surface area contributed by atoms with E-state index in [4.69, 9.17) is 4.42 Å². The third kappa shape index (κ3) is 6.00. The number of nitrogens with zero attached hydrogens (tertiary/aromatic N) is 1. The molecule has 1 aromatic heterocycles. The minimum atomic E-state index is 0.906. The molecule has 0 atom stereocenters. The molecule has 0 saturated carbocycles. The highest BCUT2D eigenvalue weighted by Crippen LogP contribution is 2.41. The largest absolute Gasteiger partial charge is 0.455 e. The van der Waals surface area contributed by atoms with Crippen molar-refractivity contribution in [3.05, 3.63) is 224 Å². The van der Waals surface area contributed by atoms with Gasteiger partial charge in [0.25, 0.3) is 0 Å². The number of hydrogen-bond donors (Lipinski definition) is 0. The lowest BCUT2D eigenvalue weighted by Gasteiger charge is -2.26. The minimum absolute atomic E-state index is 0.906. The number of benzene rings is 10. The predicted octanol–water partition coefficient (Wildman–Crippen LogP) is 16.0. The van der Waals surface area contributed by atoms with Gasteiger partial charge in [0.15, 0.2) is 0 Å². The number of furan rings is 1. The van der Waals surface area contributed by atoms with Crippen molar-refractivity contribution in [3.8, 4) is 44.5 Å². The Labute approximate surface area is 337 Å². The summed E-state index contributed by atoms with van der Waals surface area (Å²) in [6.45, 7) is 0. The molecule has 58 heavy (non-hydrogen) atoms. The number of para-hydroxylation sites is 2. The second-order valence-electron chi connectivity index (χ2n) is 14.9. The summed E-state index contributed by atoms with van der Waals surface area (Å²) >= 11 is 0. The minimum Gasteiger partial charge on any atom is -0.455 e. The molecule has 0 aliphatic rings. The van der Waals surface area contributed by atoms with Crippen molar-refractivity contribution >= 4 is 60.5 Å². The fraction of sp³-hybridized carbons (Fsp3) is 0. The molecule has 0 aliphatic carbocycles. The van der Waals surface area contributed by atoms with E-state index in [1.165, 1.54) is 49.4 Å². The third-order valence-corrected chi connectivity index (χ3v) is 11.5. The van der Waals surface area contributed by atoms with Crippen molar-refractivity contribution in [2.45, 2.75) is 0 Å². The van der Waals surface area contributed by atoms with Crippen LogP contribution in [0.15, 0.2) is 229 Å². The van der Waals surface area contributed by atoms with Crippen molar-refractivity contribution in [2.75, 3.05) is 4.90 Å². The summed E-state index contributed by atoms with van der Waals surface area (Å²) in [4.78, 5) is 2.35. The number of anilines is 3. The molecule has 11 rings (SSSR count). The van der Waals surface area contributed by atoms with E-state index in [-0.39, 0.29) is 0 Å². The lowest BCUT2D eigenvalue weighted by molar-refractivity contribution is 0.670. The van der Waals surface area contributed by atoms with Crippen LogP contribution >= 0.6 is 0 Å². The molecule has 0 N–H and O–H groups in total. The van der Waals surface area contributed by atoms with Gasteiger partial charge in [0.2, 0.25) is 0 Å². The van der Waals surface area contributed by atoms with Gasteiger partial charge in [-0.2, -0.15) is 0 Å². The van der Waals surface area contributed by atoms with Gasteiger partial charge >= 0.3 is 0 Å². The maximum atomic E-state index is 6.42. The van der Waals surface area contributed by atoms with Crippen LogP contribution in [0.2, 0.25) is 0 Å². The van der Waals surface area contributed by atoms with E-state index in [1.807, 2.05) is 12.1 Å². The number of rotatable bonds is 7. The fourth-order valence-electron chi connectivity index (χ4n) is 8.54. The average molecular weight is 740 g/mol. The molecule has 11 aromatic rings. The zero-order valence-electron chi connectivity index (χ0n) is 31.7. The van der Waals surface area contributed by atoms with Crippen molar-refractivity contribution in [3.63, 3.8) is 0 Å². The summed E-state index contributed by atoms with van der Waals surface area (Å²) in [6.07, 6.45) is 0. The van der Waals surface area contributed by atoms with Crippen LogP contribution in [-0.4, -0.2) is 0 Å². The van der Waals surface area contributed by atoms with E-state index < -0.39 is 0 Å². The molecule has 1 heterocycles. The normalized spacial score (nSPS) is 11.4. The number of hydrogen-bond acceptors (Lipinski definition) is 2. The first-order valence-corrected chi connectivity index (χ1v) is 19.8. The van der Waals surface area contributed by atoms with E-state index >= 15 is 0 Å². The first kappa shape index (κ1) is 33.6. The highest BCUT2D eigenvalue weighted by Gasteiger charge is 2.17. The second kappa shape index (κ2) is 14.1. The average Bonchev–Trinajstić information content (AvgIpc) is 3.69. The highest BCUT2D eigenvalue weighted by atomic mass is 16.3. The van der Waals surface area contributed by atoms with Gasteiger partial charge in [-0.1, -0.05) is 170 Å². The zero-order chi connectivity index (χ0) is 38.4. The smallest absolute Gasteiger partial charge is 0.143 e. The summed E-state index contributed by atoms with van der Waals surface area (Å²) in [7, 11) is 0. The van der Waals surface area contributed by atoms with E-state index in [0.29, 0.717) is 0 Å². The summed E-state index contributed by atoms with van der Waals surface area (Å²) in [5.74, 6) is 0. The van der Waals surface area contributed by atoms with Gasteiger partial charge < -0.3 is 9.32 Å². The standard InChI is InChI=1S/C56H37NO/c1-2-11-38(12-3-1)39-25-30-47(31-26-39)57(48-32-27-41(28-33-48)52-20-10-21-54-53-19-6-7-22-55(53)58-56(52)54)49-17-9-16-44(37-49)42-14-8-15-43(35-42)45-29-34-51-46(36-45)24-23-40-13-4-5-18-50(40)51/h1-37H. The van der Waals surface area contributed by atoms with Crippen LogP contribution in [0, 0.1) is 0 Å². The highest BCUT2D eigenvalue weighted by molar-refractivity contribution is 6.10. The Kier molecular flexibility index (Phi) is 8.19. The van der Waals surface area contributed by atoms with Gasteiger partial charge in [0, 0.05) is 33.4 Å². The number of fused-ring (bicyclic) bond motifs is 6. The Morgan fingerprint density at radius 2 is 0.810 bits per heavy atom. The quantitative estimate of drug-likeness (QED) is 0.151. The molecule has 0 radical (unpaired) electrons. The molecule has 2 nitrogen and oxygen atoms in total. The Morgan fingerprint density at radius 1 is 0.276 bits per heavy atom. The molecule has 272 valence electrons. The van der Waals surface area contributed by atoms with Gasteiger partial charge in [-0.3, -0.25) is 0 Å². The first-order valence-electron chi connectivity index (χ1n) is 19.8.